The van der Waals surface area contributed by atoms with E-state index in [1.54, 1.807) is 20.1 Å². The molecular weight excluding hydrogens is 193 g/mol. The van der Waals surface area contributed by atoms with Crippen LogP contribution in [-0.4, -0.2) is 12.7 Å². The Morgan fingerprint density at radius 1 is 1.40 bits per heavy atom. The van der Waals surface area contributed by atoms with Gasteiger partial charge in [-0.2, -0.15) is 0 Å². The third kappa shape index (κ3) is 2.55. The van der Waals surface area contributed by atoms with Crippen LogP contribution in [0.15, 0.2) is 18.2 Å². The molecule has 0 aromatic heterocycles. The predicted molar refractivity (Wildman–Crippen MR) is 59.2 cm³/mol. The molecule has 0 bridgehead atoms. The highest BCUT2D eigenvalue weighted by molar-refractivity contribution is 5.27. The van der Waals surface area contributed by atoms with Gasteiger partial charge in [0.25, 0.3) is 0 Å². The SMILES string of the molecule is COC(C)(C)C(N)c1ccc(C)c(F)c1. The summed E-state index contributed by atoms with van der Waals surface area (Å²) in [5.74, 6) is -0.227. The summed E-state index contributed by atoms with van der Waals surface area (Å²) in [6, 6.07) is 4.71. The summed E-state index contributed by atoms with van der Waals surface area (Å²) in [5.41, 5.74) is 6.89. The van der Waals surface area contributed by atoms with Crippen molar-refractivity contribution in [3.05, 3.63) is 35.1 Å². The summed E-state index contributed by atoms with van der Waals surface area (Å²) in [5, 5.41) is 0. The molecule has 1 unspecified atom stereocenters. The van der Waals surface area contributed by atoms with Crippen LogP contribution in [0.4, 0.5) is 4.39 Å². The number of rotatable bonds is 3. The summed E-state index contributed by atoms with van der Waals surface area (Å²) >= 11 is 0. The largest absolute Gasteiger partial charge is 0.377 e. The van der Waals surface area contributed by atoms with Crippen LogP contribution in [0.3, 0.4) is 0 Å². The van der Waals surface area contributed by atoms with Crippen molar-refractivity contribution in [2.24, 2.45) is 5.73 Å². The molecule has 1 atom stereocenters. The van der Waals surface area contributed by atoms with Crippen LogP contribution in [0.5, 0.6) is 0 Å². The van der Waals surface area contributed by atoms with Gasteiger partial charge in [-0.3, -0.25) is 0 Å². The zero-order valence-electron chi connectivity index (χ0n) is 9.67. The van der Waals surface area contributed by atoms with Crippen molar-refractivity contribution in [3.63, 3.8) is 0 Å². The van der Waals surface area contributed by atoms with Gasteiger partial charge in [-0.25, -0.2) is 4.39 Å². The van der Waals surface area contributed by atoms with E-state index in [-0.39, 0.29) is 11.9 Å². The molecule has 1 rings (SSSR count). The molecule has 0 heterocycles. The van der Waals surface area contributed by atoms with E-state index in [0.717, 1.165) is 5.56 Å². The zero-order valence-corrected chi connectivity index (χ0v) is 9.67. The van der Waals surface area contributed by atoms with E-state index in [4.69, 9.17) is 10.5 Å². The van der Waals surface area contributed by atoms with Crippen LogP contribution in [-0.2, 0) is 4.74 Å². The van der Waals surface area contributed by atoms with Gasteiger partial charge < -0.3 is 10.5 Å². The normalized spacial score (nSPS) is 14.0. The number of nitrogens with two attached hydrogens (primary N) is 1. The first kappa shape index (κ1) is 12.1. The number of aryl methyl sites for hydroxylation is 1. The first-order chi connectivity index (χ1) is 6.88. The average Bonchev–Trinajstić information content (AvgIpc) is 2.21. The highest BCUT2D eigenvalue weighted by atomic mass is 19.1. The molecule has 0 saturated heterocycles. The van der Waals surface area contributed by atoms with Crippen LogP contribution in [0, 0.1) is 12.7 Å². The van der Waals surface area contributed by atoms with E-state index >= 15 is 0 Å². The third-order valence-corrected chi connectivity index (χ3v) is 2.83. The van der Waals surface area contributed by atoms with Gasteiger partial charge in [0.15, 0.2) is 0 Å². The summed E-state index contributed by atoms with van der Waals surface area (Å²) in [4.78, 5) is 0. The molecule has 0 spiro atoms. The fourth-order valence-electron chi connectivity index (χ4n) is 1.33. The molecule has 0 aliphatic heterocycles. The second-order valence-electron chi connectivity index (χ2n) is 4.29. The Hall–Kier alpha value is -0.930. The monoisotopic (exact) mass is 211 g/mol. The van der Waals surface area contributed by atoms with E-state index < -0.39 is 5.60 Å². The van der Waals surface area contributed by atoms with Gasteiger partial charge in [0.05, 0.1) is 11.6 Å². The summed E-state index contributed by atoms with van der Waals surface area (Å²) < 4.78 is 18.6. The van der Waals surface area contributed by atoms with Crippen LogP contribution in [0.2, 0.25) is 0 Å². The van der Waals surface area contributed by atoms with Crippen LogP contribution in [0.1, 0.15) is 31.0 Å². The van der Waals surface area contributed by atoms with Crippen molar-refractivity contribution in [2.45, 2.75) is 32.4 Å². The number of hydrogen-bond donors (Lipinski definition) is 1. The van der Waals surface area contributed by atoms with Crippen LogP contribution >= 0.6 is 0 Å². The van der Waals surface area contributed by atoms with E-state index in [1.165, 1.54) is 6.07 Å². The Bertz CT molecular complexity index is 349. The van der Waals surface area contributed by atoms with Gasteiger partial charge in [0, 0.05) is 7.11 Å². The number of halogens is 1. The molecule has 0 radical (unpaired) electrons. The number of benzene rings is 1. The van der Waals surface area contributed by atoms with Crippen LogP contribution < -0.4 is 5.73 Å². The topological polar surface area (TPSA) is 35.2 Å². The smallest absolute Gasteiger partial charge is 0.126 e. The molecular formula is C12H18FNO. The Morgan fingerprint density at radius 3 is 2.47 bits per heavy atom. The van der Waals surface area contributed by atoms with Gasteiger partial charge in [-0.05, 0) is 38.0 Å². The van der Waals surface area contributed by atoms with E-state index in [2.05, 4.69) is 0 Å². The van der Waals surface area contributed by atoms with Crippen molar-refractivity contribution >= 4 is 0 Å². The molecule has 3 heteroatoms. The Kier molecular flexibility index (Phi) is 3.47. The highest BCUT2D eigenvalue weighted by Crippen LogP contribution is 2.26. The van der Waals surface area contributed by atoms with E-state index in [9.17, 15) is 4.39 Å². The zero-order chi connectivity index (χ0) is 11.6. The minimum absolute atomic E-state index is 0.227. The quantitative estimate of drug-likeness (QED) is 0.834. The summed E-state index contributed by atoms with van der Waals surface area (Å²) in [6.45, 7) is 5.50. The van der Waals surface area contributed by atoms with Gasteiger partial charge in [0.2, 0.25) is 0 Å². The maximum absolute atomic E-state index is 13.3. The van der Waals surface area contributed by atoms with E-state index in [1.807, 2.05) is 19.9 Å². The van der Waals surface area contributed by atoms with Crippen molar-refractivity contribution in [2.75, 3.05) is 7.11 Å². The maximum Gasteiger partial charge on any atom is 0.126 e. The molecule has 0 saturated carbocycles. The number of hydrogen-bond acceptors (Lipinski definition) is 2. The summed E-state index contributed by atoms with van der Waals surface area (Å²) in [6.07, 6.45) is 0. The van der Waals surface area contributed by atoms with Gasteiger partial charge in [-0.1, -0.05) is 12.1 Å². The molecule has 84 valence electrons. The Morgan fingerprint density at radius 2 is 2.00 bits per heavy atom. The summed E-state index contributed by atoms with van der Waals surface area (Å²) in [7, 11) is 1.60. The minimum Gasteiger partial charge on any atom is -0.377 e. The fraction of sp³-hybridized carbons (Fsp3) is 0.500. The lowest BCUT2D eigenvalue weighted by molar-refractivity contribution is -0.0000932. The predicted octanol–water partition coefficient (Wildman–Crippen LogP) is 2.56. The molecule has 1 aromatic carbocycles. The van der Waals surface area contributed by atoms with Crippen molar-refractivity contribution in [3.8, 4) is 0 Å². The van der Waals surface area contributed by atoms with Gasteiger partial charge in [-0.15, -0.1) is 0 Å². The molecule has 0 aliphatic rings. The molecule has 1 aromatic rings. The Labute approximate surface area is 90.2 Å². The van der Waals surface area contributed by atoms with Gasteiger partial charge in [0.1, 0.15) is 5.82 Å². The first-order valence-corrected chi connectivity index (χ1v) is 4.95. The first-order valence-electron chi connectivity index (χ1n) is 4.95. The lowest BCUT2D eigenvalue weighted by Gasteiger charge is -2.30. The average molecular weight is 211 g/mol. The standard InChI is InChI=1S/C12H18FNO/c1-8-5-6-9(7-10(8)13)11(14)12(2,3)15-4/h5-7,11H,14H2,1-4H3. The molecule has 2 nitrogen and oxygen atoms in total. The number of methoxy groups -OCH3 is 1. The highest BCUT2D eigenvalue weighted by Gasteiger charge is 2.27. The fourth-order valence-corrected chi connectivity index (χ4v) is 1.33. The van der Waals surface area contributed by atoms with Crippen molar-refractivity contribution in [1.82, 2.24) is 0 Å². The minimum atomic E-state index is -0.498. The lowest BCUT2D eigenvalue weighted by atomic mass is 9.92. The number of ether oxygens (including phenoxy) is 1. The van der Waals surface area contributed by atoms with E-state index in [0.29, 0.717) is 5.56 Å². The third-order valence-electron chi connectivity index (χ3n) is 2.83. The van der Waals surface area contributed by atoms with Crippen molar-refractivity contribution in [1.29, 1.82) is 0 Å². The lowest BCUT2D eigenvalue weighted by Crippen LogP contribution is -2.37. The second kappa shape index (κ2) is 4.29. The Balaban J connectivity index is 3.02. The molecule has 0 aliphatic carbocycles. The van der Waals surface area contributed by atoms with Crippen LogP contribution in [0.25, 0.3) is 0 Å². The molecule has 15 heavy (non-hydrogen) atoms. The van der Waals surface area contributed by atoms with Gasteiger partial charge >= 0.3 is 0 Å². The maximum atomic E-state index is 13.3. The second-order valence-corrected chi connectivity index (χ2v) is 4.29. The molecule has 2 N–H and O–H groups in total. The van der Waals surface area contributed by atoms with Crippen molar-refractivity contribution < 1.29 is 9.13 Å². The molecule has 0 fully saturated rings. The molecule has 0 amide bonds.